The average molecular weight is 314 g/mol. The van der Waals surface area contributed by atoms with E-state index >= 15 is 0 Å². The molecule has 2 aliphatic carbocycles. The van der Waals surface area contributed by atoms with E-state index in [9.17, 15) is 20.1 Å². The number of hydrogen-bond acceptors (Lipinski definition) is 5. The smallest absolute Gasteiger partial charge is 0.302 e. The van der Waals surface area contributed by atoms with Crippen LogP contribution < -0.4 is 0 Å². The highest BCUT2D eigenvalue weighted by Gasteiger charge is 2.58. The molecule has 128 valence electrons. The summed E-state index contributed by atoms with van der Waals surface area (Å²) in [5.74, 6) is -0.634. The van der Waals surface area contributed by atoms with Gasteiger partial charge >= 0.3 is 5.97 Å². The van der Waals surface area contributed by atoms with Crippen molar-refractivity contribution in [2.45, 2.75) is 65.3 Å². The Kier molecular flexibility index (Phi) is 5.20. The zero-order valence-corrected chi connectivity index (χ0v) is 14.0. The first kappa shape index (κ1) is 17.7. The molecular formula is C17H30O5. The van der Waals surface area contributed by atoms with Crippen LogP contribution in [0.2, 0.25) is 0 Å². The van der Waals surface area contributed by atoms with Gasteiger partial charge in [0.1, 0.15) is 6.10 Å². The van der Waals surface area contributed by atoms with Crippen LogP contribution in [0.5, 0.6) is 0 Å². The molecule has 0 aromatic rings. The SMILES string of the molecule is CC(=O)O[C@H]1[C@H]([C@H](C)CO)C[C@H](O)[C@@]2(C)CC[C@H](O)[C@H](C)[C@H]12. The van der Waals surface area contributed by atoms with E-state index in [1.807, 2.05) is 20.8 Å². The van der Waals surface area contributed by atoms with Gasteiger partial charge in [0, 0.05) is 30.8 Å². The molecule has 2 fully saturated rings. The topological polar surface area (TPSA) is 87.0 Å². The lowest BCUT2D eigenvalue weighted by Gasteiger charge is -2.58. The van der Waals surface area contributed by atoms with Crippen LogP contribution in [-0.4, -0.2) is 46.2 Å². The summed E-state index contributed by atoms with van der Waals surface area (Å²) in [4.78, 5) is 11.6. The third kappa shape index (κ3) is 2.91. The van der Waals surface area contributed by atoms with Crippen molar-refractivity contribution in [2.24, 2.45) is 29.1 Å². The number of aliphatic hydroxyl groups excluding tert-OH is 3. The van der Waals surface area contributed by atoms with Crippen LogP contribution in [0.4, 0.5) is 0 Å². The highest BCUT2D eigenvalue weighted by atomic mass is 16.5. The minimum atomic E-state index is -0.502. The fraction of sp³-hybridized carbons (Fsp3) is 0.941. The molecule has 5 nitrogen and oxygen atoms in total. The van der Waals surface area contributed by atoms with Gasteiger partial charge in [0.05, 0.1) is 12.2 Å². The molecule has 0 spiro atoms. The Balaban J connectivity index is 2.40. The van der Waals surface area contributed by atoms with Gasteiger partial charge in [-0.15, -0.1) is 0 Å². The van der Waals surface area contributed by atoms with Crippen molar-refractivity contribution in [2.75, 3.05) is 6.61 Å². The lowest BCUT2D eigenvalue weighted by atomic mass is 9.51. The molecule has 0 aliphatic heterocycles. The molecule has 8 atom stereocenters. The van der Waals surface area contributed by atoms with Crippen molar-refractivity contribution in [1.29, 1.82) is 0 Å². The normalized spacial score (nSPS) is 46.7. The number of aliphatic hydroxyl groups is 3. The maximum atomic E-state index is 11.6. The minimum Gasteiger partial charge on any atom is -0.462 e. The van der Waals surface area contributed by atoms with Crippen LogP contribution in [0.25, 0.3) is 0 Å². The summed E-state index contributed by atoms with van der Waals surface area (Å²) >= 11 is 0. The number of esters is 1. The first-order chi connectivity index (χ1) is 10.2. The summed E-state index contributed by atoms with van der Waals surface area (Å²) < 4.78 is 5.66. The Labute approximate surface area is 132 Å². The fourth-order valence-corrected chi connectivity index (χ4v) is 4.76. The van der Waals surface area contributed by atoms with Crippen molar-refractivity contribution >= 4 is 5.97 Å². The number of ether oxygens (including phenoxy) is 1. The van der Waals surface area contributed by atoms with E-state index in [1.54, 1.807) is 0 Å². The van der Waals surface area contributed by atoms with Crippen molar-refractivity contribution in [3.05, 3.63) is 0 Å². The van der Waals surface area contributed by atoms with E-state index in [0.29, 0.717) is 12.8 Å². The monoisotopic (exact) mass is 314 g/mol. The Morgan fingerprint density at radius 2 is 2.05 bits per heavy atom. The van der Waals surface area contributed by atoms with Gasteiger partial charge in [-0.3, -0.25) is 4.79 Å². The molecule has 22 heavy (non-hydrogen) atoms. The maximum absolute atomic E-state index is 11.6. The van der Waals surface area contributed by atoms with E-state index in [-0.39, 0.29) is 47.8 Å². The molecule has 0 bridgehead atoms. The van der Waals surface area contributed by atoms with Gasteiger partial charge < -0.3 is 20.1 Å². The second kappa shape index (κ2) is 6.46. The van der Waals surface area contributed by atoms with Crippen LogP contribution in [0.15, 0.2) is 0 Å². The molecule has 0 heterocycles. The van der Waals surface area contributed by atoms with Gasteiger partial charge in [-0.05, 0) is 31.1 Å². The zero-order chi connectivity index (χ0) is 16.7. The Morgan fingerprint density at radius 3 is 2.59 bits per heavy atom. The number of rotatable bonds is 3. The summed E-state index contributed by atoms with van der Waals surface area (Å²) in [6, 6.07) is 0. The molecule has 3 N–H and O–H groups in total. The first-order valence-electron chi connectivity index (χ1n) is 8.36. The van der Waals surface area contributed by atoms with Crippen LogP contribution >= 0.6 is 0 Å². The van der Waals surface area contributed by atoms with E-state index in [0.717, 1.165) is 6.42 Å². The third-order valence-corrected chi connectivity index (χ3v) is 6.27. The minimum absolute atomic E-state index is 0.00444. The van der Waals surface area contributed by atoms with Crippen molar-refractivity contribution in [3.63, 3.8) is 0 Å². The van der Waals surface area contributed by atoms with Crippen LogP contribution in [0.3, 0.4) is 0 Å². The highest BCUT2D eigenvalue weighted by Crippen LogP contribution is 2.56. The Hall–Kier alpha value is -0.650. The first-order valence-corrected chi connectivity index (χ1v) is 8.36. The lowest BCUT2D eigenvalue weighted by Crippen LogP contribution is -2.61. The van der Waals surface area contributed by atoms with Crippen molar-refractivity contribution in [3.8, 4) is 0 Å². The molecule has 0 aromatic heterocycles. The van der Waals surface area contributed by atoms with E-state index < -0.39 is 12.2 Å². The maximum Gasteiger partial charge on any atom is 0.302 e. The Morgan fingerprint density at radius 1 is 1.41 bits per heavy atom. The highest BCUT2D eigenvalue weighted by molar-refractivity contribution is 5.66. The number of carbonyl (C=O) groups is 1. The summed E-state index contributed by atoms with van der Waals surface area (Å²) in [5, 5.41) is 30.5. The summed E-state index contributed by atoms with van der Waals surface area (Å²) in [7, 11) is 0. The van der Waals surface area contributed by atoms with Crippen molar-refractivity contribution < 1.29 is 24.9 Å². The van der Waals surface area contributed by atoms with Gasteiger partial charge in [0.2, 0.25) is 0 Å². The Bertz CT molecular complexity index is 412. The average Bonchev–Trinajstić information content (AvgIpc) is 2.45. The van der Waals surface area contributed by atoms with Gasteiger partial charge in [0.25, 0.3) is 0 Å². The van der Waals surface area contributed by atoms with E-state index in [4.69, 9.17) is 4.74 Å². The van der Waals surface area contributed by atoms with Gasteiger partial charge in [-0.1, -0.05) is 20.8 Å². The third-order valence-electron chi connectivity index (χ3n) is 6.27. The van der Waals surface area contributed by atoms with Gasteiger partial charge in [-0.2, -0.15) is 0 Å². The molecule has 0 aromatic carbocycles. The van der Waals surface area contributed by atoms with Gasteiger partial charge in [0.15, 0.2) is 0 Å². The van der Waals surface area contributed by atoms with Crippen molar-refractivity contribution in [1.82, 2.24) is 0 Å². The lowest BCUT2D eigenvalue weighted by molar-refractivity contribution is -0.210. The molecule has 2 saturated carbocycles. The fourth-order valence-electron chi connectivity index (χ4n) is 4.76. The second-order valence-electron chi connectivity index (χ2n) is 7.65. The molecule has 0 saturated heterocycles. The molecule has 2 aliphatic rings. The summed E-state index contributed by atoms with van der Waals surface area (Å²) in [6.45, 7) is 7.33. The van der Waals surface area contributed by atoms with E-state index in [1.165, 1.54) is 6.92 Å². The molecule has 2 rings (SSSR count). The molecule has 5 heteroatoms. The molecule has 0 unspecified atom stereocenters. The zero-order valence-electron chi connectivity index (χ0n) is 14.0. The van der Waals surface area contributed by atoms with Gasteiger partial charge in [-0.25, -0.2) is 0 Å². The number of carbonyl (C=O) groups excluding carboxylic acids is 1. The van der Waals surface area contributed by atoms with E-state index in [2.05, 4.69) is 0 Å². The predicted molar refractivity (Wildman–Crippen MR) is 81.9 cm³/mol. The molecular weight excluding hydrogens is 284 g/mol. The van der Waals surface area contributed by atoms with Crippen LogP contribution in [-0.2, 0) is 9.53 Å². The quantitative estimate of drug-likeness (QED) is 0.684. The number of hydrogen-bond donors (Lipinski definition) is 3. The standard InChI is InChI=1S/C17H30O5/c1-9(8-18)12-7-14(21)17(4)6-5-13(20)10(2)15(17)16(12)22-11(3)19/h9-10,12-16,18,20-21H,5-8H2,1-4H3/t9-,10+,12+,13+,14+,15-,16+,17-/m1/s1. The summed E-state index contributed by atoms with van der Waals surface area (Å²) in [5.41, 5.74) is -0.357. The predicted octanol–water partition coefficient (Wildman–Crippen LogP) is 1.34. The van der Waals surface area contributed by atoms with Crippen LogP contribution in [0, 0.1) is 29.1 Å². The summed E-state index contributed by atoms with van der Waals surface area (Å²) in [6.07, 6.45) is 0.610. The largest absolute Gasteiger partial charge is 0.462 e. The number of fused-ring (bicyclic) bond motifs is 1. The molecule has 0 radical (unpaired) electrons. The molecule has 0 amide bonds. The second-order valence-corrected chi connectivity index (χ2v) is 7.65. The van der Waals surface area contributed by atoms with Crippen LogP contribution in [0.1, 0.15) is 47.0 Å².